The maximum absolute atomic E-state index is 12.5. The SMILES string of the molecule is CCc1[c]ccc(O)c1NC(=O)c1ccc(OCCCCc2ccccc2)cc1. The Bertz CT molecular complexity index is 921. The first-order chi connectivity index (χ1) is 14.2. The van der Waals surface area contributed by atoms with Crippen LogP contribution in [0.15, 0.2) is 66.7 Å². The van der Waals surface area contributed by atoms with Gasteiger partial charge < -0.3 is 15.2 Å². The van der Waals surface area contributed by atoms with Crippen molar-refractivity contribution in [3.05, 3.63) is 89.5 Å². The molecule has 0 saturated carbocycles. The summed E-state index contributed by atoms with van der Waals surface area (Å²) in [5.74, 6) is 0.514. The van der Waals surface area contributed by atoms with Crippen LogP contribution in [0.2, 0.25) is 0 Å². The molecule has 0 heterocycles. The van der Waals surface area contributed by atoms with Gasteiger partial charge >= 0.3 is 0 Å². The summed E-state index contributed by atoms with van der Waals surface area (Å²) in [6.45, 7) is 2.60. The summed E-state index contributed by atoms with van der Waals surface area (Å²) < 4.78 is 5.78. The van der Waals surface area contributed by atoms with Crippen LogP contribution in [0.25, 0.3) is 0 Å². The van der Waals surface area contributed by atoms with Crippen molar-refractivity contribution in [1.82, 2.24) is 0 Å². The minimum Gasteiger partial charge on any atom is -0.506 e. The van der Waals surface area contributed by atoms with Gasteiger partial charge in [0.2, 0.25) is 0 Å². The van der Waals surface area contributed by atoms with Crippen LogP contribution in [0.5, 0.6) is 11.5 Å². The van der Waals surface area contributed by atoms with E-state index in [4.69, 9.17) is 4.74 Å². The van der Waals surface area contributed by atoms with E-state index in [1.54, 1.807) is 30.3 Å². The first-order valence-corrected chi connectivity index (χ1v) is 9.98. The second-order valence-corrected chi connectivity index (χ2v) is 6.84. The Morgan fingerprint density at radius 3 is 2.52 bits per heavy atom. The lowest BCUT2D eigenvalue weighted by atomic mass is 10.1. The van der Waals surface area contributed by atoms with Gasteiger partial charge in [-0.3, -0.25) is 4.79 Å². The number of anilines is 1. The molecule has 0 saturated heterocycles. The van der Waals surface area contributed by atoms with Crippen LogP contribution in [0.4, 0.5) is 5.69 Å². The summed E-state index contributed by atoms with van der Waals surface area (Å²) >= 11 is 0. The van der Waals surface area contributed by atoms with E-state index in [9.17, 15) is 9.90 Å². The first-order valence-electron chi connectivity index (χ1n) is 9.98. The fourth-order valence-electron chi connectivity index (χ4n) is 3.10. The third kappa shape index (κ3) is 5.85. The highest BCUT2D eigenvalue weighted by molar-refractivity contribution is 6.05. The van der Waals surface area contributed by atoms with E-state index < -0.39 is 0 Å². The monoisotopic (exact) mass is 388 g/mol. The van der Waals surface area contributed by atoms with Crippen molar-refractivity contribution in [3.8, 4) is 11.5 Å². The van der Waals surface area contributed by atoms with Gasteiger partial charge in [-0.2, -0.15) is 0 Å². The molecular formula is C25H26NO3. The molecule has 149 valence electrons. The Kier molecular flexibility index (Phi) is 7.28. The average molecular weight is 388 g/mol. The van der Waals surface area contributed by atoms with Crippen molar-refractivity contribution in [2.24, 2.45) is 0 Å². The molecule has 1 radical (unpaired) electrons. The molecule has 0 aliphatic rings. The van der Waals surface area contributed by atoms with Gasteiger partial charge in [-0.15, -0.1) is 0 Å². The number of benzene rings is 3. The lowest BCUT2D eigenvalue weighted by Crippen LogP contribution is -2.13. The van der Waals surface area contributed by atoms with Crippen molar-refractivity contribution in [1.29, 1.82) is 0 Å². The zero-order chi connectivity index (χ0) is 20.5. The molecule has 3 aromatic rings. The van der Waals surface area contributed by atoms with Gasteiger partial charge in [0.05, 0.1) is 12.3 Å². The number of nitrogens with one attached hydrogen (secondary N) is 1. The van der Waals surface area contributed by atoms with Crippen molar-refractivity contribution >= 4 is 11.6 Å². The Balaban J connectivity index is 1.48. The molecule has 3 rings (SSSR count). The largest absolute Gasteiger partial charge is 0.506 e. The summed E-state index contributed by atoms with van der Waals surface area (Å²) in [5, 5.41) is 12.8. The zero-order valence-electron chi connectivity index (χ0n) is 16.7. The topological polar surface area (TPSA) is 58.6 Å². The summed E-state index contributed by atoms with van der Waals surface area (Å²) in [6, 6.07) is 23.7. The number of rotatable bonds is 9. The number of aromatic hydroxyl groups is 1. The van der Waals surface area contributed by atoms with E-state index in [1.807, 2.05) is 13.0 Å². The van der Waals surface area contributed by atoms with Crippen molar-refractivity contribution in [2.45, 2.75) is 32.6 Å². The molecule has 1 amide bonds. The number of unbranched alkanes of at least 4 members (excludes halogenated alkanes) is 1. The second kappa shape index (κ2) is 10.3. The standard InChI is InChI=1S/C25H26NO3/c1-2-20-12-8-13-23(27)24(20)26-25(28)21-14-16-22(17-15-21)29-18-7-6-11-19-9-4-3-5-10-19/h3-5,8-10,13-17,27H,2,6-7,11,18H2,1H3,(H,26,28). The smallest absolute Gasteiger partial charge is 0.255 e. The summed E-state index contributed by atoms with van der Waals surface area (Å²) in [6.07, 6.45) is 3.76. The van der Waals surface area contributed by atoms with Crippen molar-refractivity contribution in [3.63, 3.8) is 0 Å². The Hall–Kier alpha value is -3.27. The van der Waals surface area contributed by atoms with Gasteiger partial charge in [-0.1, -0.05) is 43.3 Å². The third-order valence-electron chi connectivity index (χ3n) is 4.74. The molecule has 0 aliphatic carbocycles. The highest BCUT2D eigenvalue weighted by Gasteiger charge is 2.12. The molecule has 0 aliphatic heterocycles. The molecule has 0 fully saturated rings. The molecule has 2 N–H and O–H groups in total. The van der Waals surface area contributed by atoms with Crippen LogP contribution in [0.3, 0.4) is 0 Å². The average Bonchev–Trinajstić information content (AvgIpc) is 2.76. The quantitative estimate of drug-likeness (QED) is 0.381. The van der Waals surface area contributed by atoms with Gasteiger partial charge in [0, 0.05) is 5.56 Å². The molecule has 0 bridgehead atoms. The van der Waals surface area contributed by atoms with E-state index in [-0.39, 0.29) is 11.7 Å². The Labute approximate surface area is 172 Å². The van der Waals surface area contributed by atoms with Gasteiger partial charge in [0.1, 0.15) is 11.5 Å². The van der Waals surface area contributed by atoms with E-state index in [2.05, 4.69) is 35.6 Å². The number of carbonyl (C=O) groups is 1. The van der Waals surface area contributed by atoms with Crippen LogP contribution in [-0.2, 0) is 12.8 Å². The van der Waals surface area contributed by atoms with E-state index in [0.29, 0.717) is 24.3 Å². The van der Waals surface area contributed by atoms with Gasteiger partial charge in [0.25, 0.3) is 5.91 Å². The zero-order valence-corrected chi connectivity index (χ0v) is 16.7. The minimum atomic E-state index is -0.274. The number of hydrogen-bond acceptors (Lipinski definition) is 3. The molecular weight excluding hydrogens is 362 g/mol. The van der Waals surface area contributed by atoms with Crippen LogP contribution in [-0.4, -0.2) is 17.6 Å². The molecule has 0 atom stereocenters. The molecule has 4 heteroatoms. The fourth-order valence-corrected chi connectivity index (χ4v) is 3.10. The maximum Gasteiger partial charge on any atom is 0.255 e. The predicted molar refractivity (Wildman–Crippen MR) is 116 cm³/mol. The second-order valence-electron chi connectivity index (χ2n) is 6.84. The molecule has 3 aromatic carbocycles. The lowest BCUT2D eigenvalue weighted by Gasteiger charge is -2.12. The Morgan fingerprint density at radius 2 is 1.79 bits per heavy atom. The van der Waals surface area contributed by atoms with Crippen LogP contribution < -0.4 is 10.1 Å². The predicted octanol–water partition coefficient (Wildman–Crippen LogP) is 5.41. The summed E-state index contributed by atoms with van der Waals surface area (Å²) in [5.41, 5.74) is 3.04. The van der Waals surface area contributed by atoms with Gasteiger partial charge in [0.15, 0.2) is 0 Å². The maximum atomic E-state index is 12.5. The van der Waals surface area contributed by atoms with E-state index in [0.717, 1.165) is 30.6 Å². The van der Waals surface area contributed by atoms with Crippen molar-refractivity contribution < 1.29 is 14.6 Å². The summed E-state index contributed by atoms with van der Waals surface area (Å²) in [7, 11) is 0. The van der Waals surface area contributed by atoms with Crippen LogP contribution in [0, 0.1) is 6.07 Å². The normalized spacial score (nSPS) is 10.5. The number of phenols is 1. The molecule has 0 aromatic heterocycles. The lowest BCUT2D eigenvalue weighted by molar-refractivity contribution is 0.102. The van der Waals surface area contributed by atoms with Gasteiger partial charge in [-0.25, -0.2) is 0 Å². The van der Waals surface area contributed by atoms with Crippen LogP contribution >= 0.6 is 0 Å². The Morgan fingerprint density at radius 1 is 1.03 bits per heavy atom. The van der Waals surface area contributed by atoms with E-state index >= 15 is 0 Å². The number of aryl methyl sites for hydroxylation is 2. The molecule has 4 nitrogen and oxygen atoms in total. The number of amides is 1. The highest BCUT2D eigenvalue weighted by atomic mass is 16.5. The first kappa shape index (κ1) is 20.5. The minimum absolute atomic E-state index is 0.0457. The third-order valence-corrected chi connectivity index (χ3v) is 4.74. The van der Waals surface area contributed by atoms with Crippen LogP contribution in [0.1, 0.15) is 41.3 Å². The molecule has 0 unspecified atom stereocenters. The van der Waals surface area contributed by atoms with Crippen molar-refractivity contribution in [2.75, 3.05) is 11.9 Å². The number of phenolic OH excluding ortho intramolecular Hbond substituents is 1. The van der Waals surface area contributed by atoms with Gasteiger partial charge in [-0.05, 0) is 73.2 Å². The fraction of sp³-hybridized carbons (Fsp3) is 0.240. The number of hydrogen-bond donors (Lipinski definition) is 2. The molecule has 0 spiro atoms. The number of ether oxygens (including phenoxy) is 1. The highest BCUT2D eigenvalue weighted by Crippen LogP contribution is 2.28. The van der Waals surface area contributed by atoms with E-state index in [1.165, 1.54) is 11.6 Å². The molecule has 29 heavy (non-hydrogen) atoms. The summed E-state index contributed by atoms with van der Waals surface area (Å²) in [4.78, 5) is 12.5. The number of carbonyl (C=O) groups excluding carboxylic acids is 1.